The Morgan fingerprint density at radius 3 is 1.96 bits per heavy atom. The van der Waals surface area contributed by atoms with Crippen LogP contribution in [-0.2, 0) is 19.4 Å². The van der Waals surface area contributed by atoms with Gasteiger partial charge >= 0.3 is 7.32 Å². The molecule has 0 amide bonds. The van der Waals surface area contributed by atoms with Gasteiger partial charge in [0.2, 0.25) is 0 Å². The van der Waals surface area contributed by atoms with Gasteiger partial charge in [0, 0.05) is 11.5 Å². The lowest BCUT2D eigenvalue weighted by Gasteiger charge is -2.22. The molecule has 0 atom stereocenters. The molecule has 23 heavy (non-hydrogen) atoms. The van der Waals surface area contributed by atoms with Gasteiger partial charge in [0.05, 0.1) is 11.2 Å². The van der Waals surface area contributed by atoms with E-state index in [1.54, 1.807) is 6.07 Å². The predicted octanol–water partition coefficient (Wildman–Crippen LogP) is 4.29. The zero-order chi connectivity index (χ0) is 17.1. The molecule has 6 nitrogen and oxygen atoms in total. The number of benzene rings is 1. The molecule has 0 bridgehead atoms. The van der Waals surface area contributed by atoms with Crippen molar-refractivity contribution in [1.82, 2.24) is 0 Å². The van der Waals surface area contributed by atoms with Crippen LogP contribution >= 0.6 is 0 Å². The van der Waals surface area contributed by atoms with Gasteiger partial charge in [0.15, 0.2) is 0 Å². The van der Waals surface area contributed by atoms with Crippen LogP contribution in [0.15, 0.2) is 34.7 Å². The minimum absolute atomic E-state index is 0.242. The topological polar surface area (TPSA) is 59.3 Å². The van der Waals surface area contributed by atoms with Crippen molar-refractivity contribution in [2.45, 2.75) is 52.7 Å². The molecule has 0 fully saturated rings. The van der Waals surface area contributed by atoms with Gasteiger partial charge in [-0.25, -0.2) is 19.4 Å². The quantitative estimate of drug-likeness (QED) is 0.449. The summed E-state index contributed by atoms with van der Waals surface area (Å²) in [7, 11) is -1.23. The first kappa shape index (κ1) is 17.8. The number of para-hydroxylation sites is 1. The zero-order valence-electron chi connectivity index (χ0n) is 14.4. The molecule has 2 rings (SSSR count). The molecule has 0 aliphatic carbocycles. The third-order valence-corrected chi connectivity index (χ3v) is 2.37. The highest BCUT2D eigenvalue weighted by Gasteiger charge is 2.33. The van der Waals surface area contributed by atoms with Crippen LogP contribution in [-0.4, -0.2) is 18.5 Å². The van der Waals surface area contributed by atoms with E-state index in [-0.39, 0.29) is 5.95 Å². The fraction of sp³-hybridized carbons (Fsp3) is 0.500. The Labute approximate surface area is 136 Å². The van der Waals surface area contributed by atoms with Crippen LogP contribution in [0.3, 0.4) is 0 Å². The van der Waals surface area contributed by atoms with Crippen molar-refractivity contribution in [2.24, 2.45) is 0 Å². The first-order chi connectivity index (χ1) is 10.6. The first-order valence-corrected chi connectivity index (χ1v) is 7.47. The SMILES string of the molecule is CC(C)(C)OOB(OOC(C)(C)C)Oc1cc2ccccc2o1. The van der Waals surface area contributed by atoms with E-state index < -0.39 is 18.5 Å². The number of hydrogen-bond donors (Lipinski definition) is 0. The van der Waals surface area contributed by atoms with Crippen LogP contribution in [0.4, 0.5) is 0 Å². The molecule has 0 N–H and O–H groups in total. The molecule has 1 aromatic carbocycles. The van der Waals surface area contributed by atoms with Crippen molar-refractivity contribution in [2.75, 3.05) is 0 Å². The van der Waals surface area contributed by atoms with Crippen molar-refractivity contribution in [3.63, 3.8) is 0 Å². The lowest BCUT2D eigenvalue weighted by atomic mass is 10.2. The Balaban J connectivity index is 2.05. The molecule has 2 aromatic rings. The maximum Gasteiger partial charge on any atom is 0.772 e. The average Bonchev–Trinajstić information content (AvgIpc) is 2.82. The number of furan rings is 1. The second-order valence-corrected chi connectivity index (χ2v) is 7.09. The summed E-state index contributed by atoms with van der Waals surface area (Å²) >= 11 is 0. The largest absolute Gasteiger partial charge is 0.772 e. The Morgan fingerprint density at radius 1 is 0.870 bits per heavy atom. The van der Waals surface area contributed by atoms with Gasteiger partial charge in [-0.3, -0.25) is 0 Å². The van der Waals surface area contributed by atoms with Crippen molar-refractivity contribution in [3.05, 3.63) is 30.3 Å². The van der Waals surface area contributed by atoms with E-state index in [0.717, 1.165) is 5.39 Å². The van der Waals surface area contributed by atoms with Crippen LogP contribution < -0.4 is 4.65 Å². The van der Waals surface area contributed by atoms with E-state index in [2.05, 4.69) is 0 Å². The van der Waals surface area contributed by atoms with Crippen LogP contribution in [0.2, 0.25) is 0 Å². The van der Waals surface area contributed by atoms with Crippen LogP contribution in [0.25, 0.3) is 11.0 Å². The fourth-order valence-electron chi connectivity index (χ4n) is 1.53. The molecule has 0 spiro atoms. The first-order valence-electron chi connectivity index (χ1n) is 7.47. The summed E-state index contributed by atoms with van der Waals surface area (Å²) in [5.41, 5.74) is -0.351. The van der Waals surface area contributed by atoms with E-state index in [1.807, 2.05) is 65.8 Å². The van der Waals surface area contributed by atoms with Gasteiger partial charge < -0.3 is 9.07 Å². The maximum absolute atomic E-state index is 5.57. The molecule has 7 heteroatoms. The summed E-state index contributed by atoms with van der Waals surface area (Å²) in [6.07, 6.45) is 0. The van der Waals surface area contributed by atoms with Gasteiger partial charge in [-0.2, -0.15) is 0 Å². The Bertz CT molecular complexity index is 574. The molecule has 0 unspecified atom stereocenters. The molecule has 1 aromatic heterocycles. The molecule has 0 aliphatic rings. The van der Waals surface area contributed by atoms with Gasteiger partial charge in [0.1, 0.15) is 5.58 Å². The van der Waals surface area contributed by atoms with E-state index >= 15 is 0 Å². The van der Waals surface area contributed by atoms with E-state index in [1.165, 1.54) is 0 Å². The maximum atomic E-state index is 5.57. The predicted molar refractivity (Wildman–Crippen MR) is 86.4 cm³/mol. The second kappa shape index (κ2) is 6.92. The van der Waals surface area contributed by atoms with Gasteiger partial charge in [-0.15, -0.1) is 0 Å². The molecular formula is C16H23BO6. The van der Waals surface area contributed by atoms with Crippen molar-refractivity contribution >= 4 is 18.3 Å². The van der Waals surface area contributed by atoms with E-state index in [0.29, 0.717) is 5.58 Å². The van der Waals surface area contributed by atoms with Crippen molar-refractivity contribution in [1.29, 1.82) is 0 Å². The normalized spacial score (nSPS) is 12.6. The van der Waals surface area contributed by atoms with Gasteiger partial charge in [0.25, 0.3) is 5.95 Å². The van der Waals surface area contributed by atoms with Gasteiger partial charge in [-0.05, 0) is 47.6 Å². The molecular weight excluding hydrogens is 299 g/mol. The molecule has 0 saturated carbocycles. The lowest BCUT2D eigenvalue weighted by molar-refractivity contribution is -0.351. The number of fused-ring (bicyclic) bond motifs is 1. The minimum atomic E-state index is -1.23. The van der Waals surface area contributed by atoms with Crippen molar-refractivity contribution in [3.8, 4) is 5.95 Å². The highest BCUT2D eigenvalue weighted by atomic mass is 17.3. The fourth-order valence-corrected chi connectivity index (χ4v) is 1.53. The standard InChI is InChI=1S/C16H23BO6/c1-15(2,3)20-22-17(23-21-16(4,5)6)19-14-11-12-9-7-8-10-13(12)18-14/h7-11H,1-6H3. The molecule has 0 radical (unpaired) electrons. The zero-order valence-corrected chi connectivity index (χ0v) is 14.4. The monoisotopic (exact) mass is 322 g/mol. The summed E-state index contributed by atoms with van der Waals surface area (Å²) in [4.78, 5) is 20.8. The van der Waals surface area contributed by atoms with E-state index in [9.17, 15) is 0 Å². The molecule has 1 heterocycles. The summed E-state index contributed by atoms with van der Waals surface area (Å²) in [6, 6.07) is 9.29. The molecule has 126 valence electrons. The summed E-state index contributed by atoms with van der Waals surface area (Å²) in [6.45, 7) is 11.1. The number of rotatable bonds is 6. The lowest BCUT2D eigenvalue weighted by Crippen LogP contribution is -2.37. The summed E-state index contributed by atoms with van der Waals surface area (Å²) in [5.74, 6) is 0.242. The third kappa shape index (κ3) is 6.23. The third-order valence-electron chi connectivity index (χ3n) is 2.37. The van der Waals surface area contributed by atoms with E-state index in [4.69, 9.17) is 28.5 Å². The highest BCUT2D eigenvalue weighted by molar-refractivity contribution is 6.36. The van der Waals surface area contributed by atoms with Crippen LogP contribution in [0, 0.1) is 0 Å². The van der Waals surface area contributed by atoms with Gasteiger partial charge in [-0.1, -0.05) is 18.2 Å². The average molecular weight is 322 g/mol. The Kier molecular flexibility index (Phi) is 5.36. The minimum Gasteiger partial charge on any atom is -0.481 e. The van der Waals surface area contributed by atoms with Crippen LogP contribution in [0.5, 0.6) is 5.95 Å². The highest BCUT2D eigenvalue weighted by Crippen LogP contribution is 2.25. The molecule has 0 aliphatic heterocycles. The van der Waals surface area contributed by atoms with Crippen molar-refractivity contribution < 1.29 is 28.5 Å². The molecule has 0 saturated heterocycles. The number of hydrogen-bond acceptors (Lipinski definition) is 6. The Hall–Kier alpha value is -1.54. The Morgan fingerprint density at radius 2 is 1.43 bits per heavy atom. The van der Waals surface area contributed by atoms with Crippen LogP contribution in [0.1, 0.15) is 41.5 Å². The smallest absolute Gasteiger partial charge is 0.481 e. The summed E-state index contributed by atoms with van der Waals surface area (Å²) in [5, 5.41) is 0.912. The summed E-state index contributed by atoms with van der Waals surface area (Å²) < 4.78 is 11.1. The second-order valence-electron chi connectivity index (χ2n) is 7.09.